The summed E-state index contributed by atoms with van der Waals surface area (Å²) in [5.41, 5.74) is -2.15. The van der Waals surface area contributed by atoms with Gasteiger partial charge < -0.3 is 0 Å². The zero-order valence-electron chi connectivity index (χ0n) is 8.47. The smallest absolute Gasteiger partial charge is 0.211 e. The zero-order chi connectivity index (χ0) is 11.6. The molecule has 0 spiro atoms. The lowest BCUT2D eigenvalue weighted by molar-refractivity contribution is 0.242. The summed E-state index contributed by atoms with van der Waals surface area (Å²) in [6, 6.07) is 0. The first-order valence-electron chi connectivity index (χ1n) is 4.99. The van der Waals surface area contributed by atoms with Crippen LogP contribution in [0, 0.1) is 5.92 Å². The summed E-state index contributed by atoms with van der Waals surface area (Å²) < 4.78 is 0. The molecule has 0 N–H and O–H groups in total. The third-order valence-electron chi connectivity index (χ3n) is 3.63. The first-order chi connectivity index (χ1) is 7.72. The number of rotatable bonds is 3. The maximum atomic E-state index is 10.5. The van der Waals surface area contributed by atoms with Gasteiger partial charge in [0, 0.05) is 0 Å². The van der Waals surface area contributed by atoms with Crippen molar-refractivity contribution in [1.29, 1.82) is 0 Å². The normalized spacial score (nSPS) is 39.4. The minimum absolute atomic E-state index is 0.284. The van der Waals surface area contributed by atoms with Crippen LogP contribution in [0.1, 0.15) is 25.7 Å². The van der Waals surface area contributed by atoms with Gasteiger partial charge in [0.05, 0.1) is 0 Å². The summed E-state index contributed by atoms with van der Waals surface area (Å²) in [4.78, 5) is 42.3. The fraction of sp³-hybridized carbons (Fsp3) is 0.700. The van der Waals surface area contributed by atoms with E-state index < -0.39 is 11.2 Å². The molecule has 0 aromatic rings. The highest BCUT2D eigenvalue weighted by molar-refractivity contribution is 5.45. The van der Waals surface area contributed by atoms with Crippen LogP contribution in [0.4, 0.5) is 0 Å². The molecule has 6 nitrogen and oxygen atoms in total. The fourth-order valence-electron chi connectivity index (χ4n) is 3.01. The van der Waals surface area contributed by atoms with Gasteiger partial charge in [-0.15, -0.1) is 0 Å². The van der Waals surface area contributed by atoms with E-state index in [0.717, 1.165) is 6.42 Å². The van der Waals surface area contributed by atoms with Crippen molar-refractivity contribution in [3.8, 4) is 0 Å². The predicted molar refractivity (Wildman–Crippen MR) is 51.8 cm³/mol. The first kappa shape index (κ1) is 10.7. The van der Waals surface area contributed by atoms with E-state index in [2.05, 4.69) is 15.0 Å². The maximum absolute atomic E-state index is 10.5. The van der Waals surface area contributed by atoms with Gasteiger partial charge in [-0.3, -0.25) is 0 Å². The number of isocyanates is 3. The molecule has 0 heterocycles. The molecule has 2 rings (SSSR count). The van der Waals surface area contributed by atoms with Gasteiger partial charge in [0.1, 0.15) is 5.54 Å². The Morgan fingerprint density at radius 1 is 0.938 bits per heavy atom. The molecule has 16 heavy (non-hydrogen) atoms. The molecule has 2 fully saturated rings. The van der Waals surface area contributed by atoms with Crippen LogP contribution in [0.3, 0.4) is 0 Å². The lowest BCUT2D eigenvalue weighted by atomic mass is 9.83. The Morgan fingerprint density at radius 2 is 1.56 bits per heavy atom. The Hall–Kier alpha value is -1.86. The lowest BCUT2D eigenvalue weighted by Gasteiger charge is -2.34. The molecule has 6 heteroatoms. The van der Waals surface area contributed by atoms with E-state index in [1.807, 2.05) is 0 Å². The summed E-state index contributed by atoms with van der Waals surface area (Å²) in [5.74, 6) is 0.284. The molecular weight excluding hydrogens is 210 g/mol. The Labute approximate surface area is 91.2 Å². The van der Waals surface area contributed by atoms with Gasteiger partial charge in [0.15, 0.2) is 0 Å². The van der Waals surface area contributed by atoms with Crippen LogP contribution < -0.4 is 0 Å². The molecular formula is C10H9N3O3. The molecule has 2 aliphatic rings. The second-order valence-corrected chi connectivity index (χ2v) is 4.27. The Morgan fingerprint density at radius 3 is 2.06 bits per heavy atom. The third kappa shape index (κ3) is 1.22. The van der Waals surface area contributed by atoms with Crippen molar-refractivity contribution in [2.45, 2.75) is 36.9 Å². The molecule has 2 aliphatic carbocycles. The van der Waals surface area contributed by atoms with Gasteiger partial charge in [0.2, 0.25) is 23.9 Å². The number of hydrogen-bond donors (Lipinski definition) is 0. The molecule has 2 unspecified atom stereocenters. The van der Waals surface area contributed by atoms with E-state index in [-0.39, 0.29) is 5.92 Å². The van der Waals surface area contributed by atoms with Crippen LogP contribution in [0.2, 0.25) is 0 Å². The van der Waals surface area contributed by atoms with Gasteiger partial charge in [-0.25, -0.2) is 14.4 Å². The number of nitrogens with zero attached hydrogens (tertiary/aromatic N) is 3. The quantitative estimate of drug-likeness (QED) is 0.515. The Kier molecular flexibility index (Phi) is 2.41. The van der Waals surface area contributed by atoms with Gasteiger partial charge in [0.25, 0.3) is 0 Å². The molecule has 0 aromatic carbocycles. The third-order valence-corrected chi connectivity index (χ3v) is 3.63. The van der Waals surface area contributed by atoms with Crippen molar-refractivity contribution in [1.82, 2.24) is 0 Å². The fourth-order valence-corrected chi connectivity index (χ4v) is 3.01. The molecule has 0 amide bonds. The number of aliphatic imine (C=N–C) groups is 3. The SMILES string of the molecule is O=C=NC12CCC(C1)CC2(N=C=O)N=C=O. The largest absolute Gasteiger partial charge is 0.237 e. The van der Waals surface area contributed by atoms with Crippen LogP contribution in [-0.2, 0) is 14.4 Å². The van der Waals surface area contributed by atoms with E-state index in [9.17, 15) is 14.4 Å². The molecule has 0 aliphatic heterocycles. The van der Waals surface area contributed by atoms with Crippen molar-refractivity contribution in [3.63, 3.8) is 0 Å². The van der Waals surface area contributed by atoms with Crippen molar-refractivity contribution in [2.75, 3.05) is 0 Å². The highest BCUT2D eigenvalue weighted by Gasteiger charge is 2.64. The highest BCUT2D eigenvalue weighted by Crippen LogP contribution is 2.58. The molecule has 2 saturated carbocycles. The zero-order valence-corrected chi connectivity index (χ0v) is 8.47. The minimum Gasteiger partial charge on any atom is -0.211 e. The highest BCUT2D eigenvalue weighted by atomic mass is 16.1. The van der Waals surface area contributed by atoms with E-state index in [0.29, 0.717) is 19.3 Å². The number of fused-ring (bicyclic) bond motifs is 2. The average molecular weight is 219 g/mol. The molecule has 0 radical (unpaired) electrons. The molecule has 0 saturated heterocycles. The molecule has 0 aromatic heterocycles. The lowest BCUT2D eigenvalue weighted by Crippen LogP contribution is -2.46. The second kappa shape index (κ2) is 3.62. The summed E-state index contributed by atoms with van der Waals surface area (Å²) in [6.07, 6.45) is 6.87. The summed E-state index contributed by atoms with van der Waals surface area (Å²) >= 11 is 0. The molecule has 82 valence electrons. The average Bonchev–Trinajstić information content (AvgIpc) is 2.75. The van der Waals surface area contributed by atoms with E-state index in [4.69, 9.17) is 0 Å². The van der Waals surface area contributed by atoms with Crippen molar-refractivity contribution in [3.05, 3.63) is 0 Å². The van der Waals surface area contributed by atoms with Gasteiger partial charge >= 0.3 is 0 Å². The van der Waals surface area contributed by atoms with Gasteiger partial charge in [-0.05, 0) is 31.6 Å². The maximum Gasteiger partial charge on any atom is 0.237 e. The first-order valence-corrected chi connectivity index (χ1v) is 4.99. The van der Waals surface area contributed by atoms with Crippen LogP contribution in [0.5, 0.6) is 0 Å². The predicted octanol–water partition coefficient (Wildman–Crippen LogP) is 0.633. The van der Waals surface area contributed by atoms with E-state index in [1.54, 1.807) is 0 Å². The van der Waals surface area contributed by atoms with Crippen LogP contribution in [0.25, 0.3) is 0 Å². The van der Waals surface area contributed by atoms with Gasteiger partial charge in [-0.2, -0.15) is 15.0 Å². The van der Waals surface area contributed by atoms with Crippen molar-refractivity contribution >= 4 is 18.2 Å². The Bertz CT molecular complexity index is 438. The summed E-state index contributed by atoms with van der Waals surface area (Å²) in [5, 5.41) is 0. The number of hydrogen-bond acceptors (Lipinski definition) is 6. The van der Waals surface area contributed by atoms with E-state index >= 15 is 0 Å². The molecule has 2 atom stereocenters. The number of carbonyl (C=O) groups excluding carboxylic acids is 3. The van der Waals surface area contributed by atoms with Gasteiger partial charge in [-0.1, -0.05) is 0 Å². The monoisotopic (exact) mass is 219 g/mol. The van der Waals surface area contributed by atoms with E-state index in [1.165, 1.54) is 18.2 Å². The summed E-state index contributed by atoms with van der Waals surface area (Å²) in [6.45, 7) is 0. The second-order valence-electron chi connectivity index (χ2n) is 4.27. The Balaban J connectivity index is 2.57. The van der Waals surface area contributed by atoms with Crippen molar-refractivity contribution in [2.24, 2.45) is 20.9 Å². The minimum atomic E-state index is -1.27. The topological polar surface area (TPSA) is 88.3 Å². The van der Waals surface area contributed by atoms with Crippen LogP contribution in [-0.4, -0.2) is 29.4 Å². The standard InChI is InChI=1S/C10H9N3O3/c14-5-11-9-2-1-8(3-9)4-10(9,12-6-15)13-7-16/h8H,1-4H2. The van der Waals surface area contributed by atoms with Crippen LogP contribution >= 0.6 is 0 Å². The van der Waals surface area contributed by atoms with Crippen molar-refractivity contribution < 1.29 is 14.4 Å². The summed E-state index contributed by atoms with van der Waals surface area (Å²) in [7, 11) is 0. The molecule has 2 bridgehead atoms. The van der Waals surface area contributed by atoms with Crippen LogP contribution in [0.15, 0.2) is 15.0 Å².